The van der Waals surface area contributed by atoms with Gasteiger partial charge in [-0.15, -0.1) is 12.4 Å². The molecule has 1 heterocycles. The fraction of sp³-hybridized carbons (Fsp3) is 0.929. The van der Waals surface area contributed by atoms with Gasteiger partial charge in [0.15, 0.2) is 0 Å². The Bertz CT molecular complexity index is 298. The number of carbonyl (C=O) groups is 1. The van der Waals surface area contributed by atoms with Crippen molar-refractivity contribution in [3.63, 3.8) is 0 Å². The van der Waals surface area contributed by atoms with Crippen LogP contribution in [0.2, 0.25) is 0 Å². The van der Waals surface area contributed by atoms with Gasteiger partial charge in [0.25, 0.3) is 0 Å². The second-order valence-corrected chi connectivity index (χ2v) is 6.22. The van der Waals surface area contributed by atoms with Gasteiger partial charge in [0.05, 0.1) is 0 Å². The van der Waals surface area contributed by atoms with Gasteiger partial charge in [0.1, 0.15) is 0 Å². The zero-order valence-corrected chi connectivity index (χ0v) is 12.0. The molecule has 0 bridgehead atoms. The lowest BCUT2D eigenvalue weighted by molar-refractivity contribution is -0.124. The molecule has 0 aromatic rings. The number of fused-ring (bicyclic) bond motifs is 1. The maximum atomic E-state index is 12.2. The van der Waals surface area contributed by atoms with Crippen molar-refractivity contribution in [1.82, 2.24) is 10.6 Å². The summed E-state index contributed by atoms with van der Waals surface area (Å²) in [6, 6.07) is 0.360. The zero-order chi connectivity index (χ0) is 11.8. The van der Waals surface area contributed by atoms with Crippen LogP contribution in [0.5, 0.6) is 0 Å². The molecule has 2 aliphatic carbocycles. The lowest BCUT2D eigenvalue weighted by Gasteiger charge is -2.30. The normalized spacial score (nSPS) is 42.4. The molecule has 4 heteroatoms. The first-order chi connectivity index (χ1) is 8.27. The summed E-state index contributed by atoms with van der Waals surface area (Å²) in [4.78, 5) is 12.2. The van der Waals surface area contributed by atoms with Crippen LogP contribution in [0.4, 0.5) is 0 Å². The third kappa shape index (κ3) is 2.67. The summed E-state index contributed by atoms with van der Waals surface area (Å²) in [6.45, 7) is 4.31. The highest BCUT2D eigenvalue weighted by Gasteiger charge is 2.54. The van der Waals surface area contributed by atoms with Crippen LogP contribution in [0.25, 0.3) is 0 Å². The highest BCUT2D eigenvalue weighted by atomic mass is 35.5. The molecule has 2 N–H and O–H groups in total. The molecule has 3 fully saturated rings. The number of nitrogens with one attached hydrogen (secondary N) is 2. The molecule has 0 aromatic heterocycles. The largest absolute Gasteiger partial charge is 0.352 e. The SMILES string of the molecule is CC1CCNCC1NC(=O)C1C2CCCCC21.Cl. The summed E-state index contributed by atoms with van der Waals surface area (Å²) < 4.78 is 0. The minimum absolute atomic E-state index is 0. The predicted octanol–water partition coefficient (Wildman–Crippen LogP) is 1.96. The van der Waals surface area contributed by atoms with Gasteiger partial charge < -0.3 is 10.6 Å². The van der Waals surface area contributed by atoms with Gasteiger partial charge in [-0.25, -0.2) is 0 Å². The fourth-order valence-electron chi connectivity index (χ4n) is 3.84. The van der Waals surface area contributed by atoms with E-state index in [1.54, 1.807) is 0 Å². The Morgan fingerprint density at radius 2 is 1.83 bits per heavy atom. The van der Waals surface area contributed by atoms with Gasteiger partial charge in [-0.05, 0) is 43.6 Å². The van der Waals surface area contributed by atoms with Crippen molar-refractivity contribution < 1.29 is 4.79 Å². The average molecular weight is 273 g/mol. The van der Waals surface area contributed by atoms with E-state index in [0.717, 1.165) is 24.9 Å². The van der Waals surface area contributed by atoms with Gasteiger partial charge in [-0.1, -0.05) is 19.8 Å². The first-order valence-electron chi connectivity index (χ1n) is 7.28. The standard InChI is InChI=1S/C14H24N2O.ClH/c1-9-6-7-15-8-12(9)16-14(17)13-10-4-2-3-5-11(10)13;/h9-13,15H,2-8H2,1H3,(H,16,17);1H. The third-order valence-corrected chi connectivity index (χ3v) is 5.11. The molecule has 18 heavy (non-hydrogen) atoms. The monoisotopic (exact) mass is 272 g/mol. The van der Waals surface area contributed by atoms with Crippen molar-refractivity contribution in [2.45, 2.75) is 45.1 Å². The van der Waals surface area contributed by atoms with Crippen molar-refractivity contribution in [2.75, 3.05) is 13.1 Å². The van der Waals surface area contributed by atoms with E-state index in [1.165, 1.54) is 32.1 Å². The molecule has 0 spiro atoms. The minimum atomic E-state index is 0. The Hall–Kier alpha value is -0.280. The van der Waals surface area contributed by atoms with E-state index in [4.69, 9.17) is 0 Å². The van der Waals surface area contributed by atoms with Crippen LogP contribution in [0, 0.1) is 23.7 Å². The molecule has 3 nitrogen and oxygen atoms in total. The van der Waals surface area contributed by atoms with Gasteiger partial charge in [-0.2, -0.15) is 0 Å². The van der Waals surface area contributed by atoms with Crippen LogP contribution in [0.15, 0.2) is 0 Å². The first-order valence-corrected chi connectivity index (χ1v) is 7.28. The molecule has 4 atom stereocenters. The maximum Gasteiger partial charge on any atom is 0.223 e. The Morgan fingerprint density at radius 1 is 1.17 bits per heavy atom. The Kier molecular flexibility index (Phi) is 4.54. The Morgan fingerprint density at radius 3 is 2.44 bits per heavy atom. The number of carbonyl (C=O) groups excluding carboxylic acids is 1. The van der Waals surface area contributed by atoms with Crippen LogP contribution in [-0.2, 0) is 4.79 Å². The zero-order valence-electron chi connectivity index (χ0n) is 11.2. The molecule has 1 saturated heterocycles. The smallest absolute Gasteiger partial charge is 0.223 e. The minimum Gasteiger partial charge on any atom is -0.352 e. The summed E-state index contributed by atoms with van der Waals surface area (Å²) in [6.07, 6.45) is 6.45. The number of hydrogen-bond donors (Lipinski definition) is 2. The maximum absolute atomic E-state index is 12.2. The molecule has 3 aliphatic rings. The van der Waals surface area contributed by atoms with Crippen molar-refractivity contribution in [2.24, 2.45) is 23.7 Å². The predicted molar refractivity (Wildman–Crippen MR) is 74.8 cm³/mol. The summed E-state index contributed by atoms with van der Waals surface area (Å²) in [5.41, 5.74) is 0. The highest BCUT2D eigenvalue weighted by molar-refractivity contribution is 5.85. The quantitative estimate of drug-likeness (QED) is 0.807. The van der Waals surface area contributed by atoms with E-state index in [-0.39, 0.29) is 12.4 Å². The molecular weight excluding hydrogens is 248 g/mol. The molecule has 0 radical (unpaired) electrons. The summed E-state index contributed by atoms with van der Waals surface area (Å²) in [5, 5.41) is 6.66. The average Bonchev–Trinajstić information content (AvgIpc) is 3.06. The van der Waals surface area contributed by atoms with E-state index >= 15 is 0 Å². The van der Waals surface area contributed by atoms with Gasteiger partial charge in [0.2, 0.25) is 5.91 Å². The third-order valence-electron chi connectivity index (χ3n) is 5.11. The molecule has 2 saturated carbocycles. The van der Waals surface area contributed by atoms with Crippen LogP contribution in [0.3, 0.4) is 0 Å². The van der Waals surface area contributed by atoms with Crippen LogP contribution in [0.1, 0.15) is 39.0 Å². The van der Waals surface area contributed by atoms with Crippen molar-refractivity contribution in [3.05, 3.63) is 0 Å². The van der Waals surface area contributed by atoms with Gasteiger partial charge in [-0.3, -0.25) is 4.79 Å². The van der Waals surface area contributed by atoms with Crippen LogP contribution in [-0.4, -0.2) is 25.0 Å². The number of halogens is 1. The summed E-state index contributed by atoms with van der Waals surface area (Å²) >= 11 is 0. The summed E-state index contributed by atoms with van der Waals surface area (Å²) in [5.74, 6) is 2.81. The Balaban J connectivity index is 0.00000120. The number of hydrogen-bond acceptors (Lipinski definition) is 2. The first kappa shape index (κ1) is 14.1. The fourth-order valence-corrected chi connectivity index (χ4v) is 3.84. The van der Waals surface area contributed by atoms with Gasteiger partial charge in [0, 0.05) is 18.5 Å². The molecule has 0 aromatic carbocycles. The second kappa shape index (κ2) is 5.79. The Labute approximate surface area is 116 Å². The molecule has 104 valence electrons. The van der Waals surface area contributed by atoms with Crippen LogP contribution < -0.4 is 10.6 Å². The van der Waals surface area contributed by atoms with E-state index in [0.29, 0.717) is 23.8 Å². The van der Waals surface area contributed by atoms with E-state index in [9.17, 15) is 4.79 Å². The summed E-state index contributed by atoms with van der Waals surface area (Å²) in [7, 11) is 0. The highest BCUT2D eigenvalue weighted by Crippen LogP contribution is 2.55. The van der Waals surface area contributed by atoms with Crippen LogP contribution >= 0.6 is 12.4 Å². The number of piperidine rings is 1. The topological polar surface area (TPSA) is 41.1 Å². The van der Waals surface area contributed by atoms with E-state index in [1.807, 2.05) is 0 Å². The molecule has 4 unspecified atom stereocenters. The van der Waals surface area contributed by atoms with Gasteiger partial charge >= 0.3 is 0 Å². The van der Waals surface area contributed by atoms with Crippen molar-refractivity contribution in [1.29, 1.82) is 0 Å². The molecule has 1 aliphatic heterocycles. The van der Waals surface area contributed by atoms with E-state index in [2.05, 4.69) is 17.6 Å². The second-order valence-electron chi connectivity index (χ2n) is 6.22. The molecule has 3 rings (SSSR count). The molecule has 1 amide bonds. The number of amides is 1. The van der Waals surface area contributed by atoms with Crippen molar-refractivity contribution in [3.8, 4) is 0 Å². The van der Waals surface area contributed by atoms with E-state index < -0.39 is 0 Å². The lowest BCUT2D eigenvalue weighted by Crippen LogP contribution is -2.50. The molecular formula is C14H25ClN2O. The van der Waals surface area contributed by atoms with Crippen molar-refractivity contribution >= 4 is 18.3 Å². The number of rotatable bonds is 2. The lowest BCUT2D eigenvalue weighted by atomic mass is 9.94.